The highest BCUT2D eigenvalue weighted by Crippen LogP contribution is 2.24. The maximum Gasteiger partial charge on any atom is 0.243 e. The van der Waals surface area contributed by atoms with Crippen molar-refractivity contribution in [2.75, 3.05) is 13.1 Å². The average Bonchev–Trinajstić information content (AvgIpc) is 2.69. The summed E-state index contributed by atoms with van der Waals surface area (Å²) in [5, 5.41) is 3.02. The molecule has 0 aromatic heterocycles. The molecule has 1 fully saturated rings. The normalized spacial score (nSPS) is 19.7. The van der Waals surface area contributed by atoms with Gasteiger partial charge in [-0.15, -0.1) is 0 Å². The minimum Gasteiger partial charge on any atom is -0.349 e. The summed E-state index contributed by atoms with van der Waals surface area (Å²) in [6.07, 6.45) is 1.39. The van der Waals surface area contributed by atoms with E-state index in [1.807, 2.05) is 37.3 Å². The van der Waals surface area contributed by atoms with Gasteiger partial charge in [0, 0.05) is 13.1 Å². The minimum absolute atomic E-state index is 0.0886. The van der Waals surface area contributed by atoms with Crippen molar-refractivity contribution in [3.63, 3.8) is 0 Å². The van der Waals surface area contributed by atoms with Crippen LogP contribution in [-0.4, -0.2) is 31.7 Å². The molecule has 2 atom stereocenters. The molecule has 0 radical (unpaired) electrons. The lowest BCUT2D eigenvalue weighted by Crippen LogP contribution is -2.45. The minimum atomic E-state index is -3.56. The van der Waals surface area contributed by atoms with Gasteiger partial charge in [-0.25, -0.2) is 8.42 Å². The molecule has 0 unspecified atom stereocenters. The molecule has 0 spiro atoms. The van der Waals surface area contributed by atoms with Crippen molar-refractivity contribution < 1.29 is 13.2 Å². The van der Waals surface area contributed by atoms with Gasteiger partial charge in [0.1, 0.15) is 0 Å². The number of hydrogen-bond donors (Lipinski definition) is 1. The van der Waals surface area contributed by atoms with Gasteiger partial charge >= 0.3 is 0 Å². The molecule has 1 N–H and O–H groups in total. The van der Waals surface area contributed by atoms with Crippen molar-refractivity contribution in [3.8, 4) is 0 Å². The molecule has 2 aromatic rings. The molecule has 6 heteroatoms. The monoisotopic (exact) mass is 372 g/mol. The van der Waals surface area contributed by atoms with E-state index in [4.69, 9.17) is 0 Å². The Morgan fingerprint density at radius 2 is 1.69 bits per heavy atom. The predicted molar refractivity (Wildman–Crippen MR) is 101 cm³/mol. The van der Waals surface area contributed by atoms with E-state index in [-0.39, 0.29) is 29.3 Å². The lowest BCUT2D eigenvalue weighted by atomic mass is 9.98. The van der Waals surface area contributed by atoms with Crippen molar-refractivity contribution in [2.45, 2.75) is 30.7 Å². The Kier molecular flexibility index (Phi) is 5.74. The summed E-state index contributed by atoms with van der Waals surface area (Å²) in [7, 11) is -3.56. The summed E-state index contributed by atoms with van der Waals surface area (Å²) in [6, 6.07) is 18.0. The van der Waals surface area contributed by atoms with E-state index in [0.717, 1.165) is 5.56 Å². The lowest BCUT2D eigenvalue weighted by molar-refractivity contribution is -0.126. The second-order valence-corrected chi connectivity index (χ2v) is 8.59. The first-order chi connectivity index (χ1) is 12.5. The van der Waals surface area contributed by atoms with E-state index in [1.165, 1.54) is 4.31 Å². The zero-order valence-electron chi connectivity index (χ0n) is 14.8. The van der Waals surface area contributed by atoms with Gasteiger partial charge in [-0.3, -0.25) is 4.79 Å². The number of amides is 1. The zero-order chi connectivity index (χ0) is 18.6. The smallest absolute Gasteiger partial charge is 0.243 e. The number of rotatable bonds is 5. The highest BCUT2D eigenvalue weighted by atomic mass is 32.2. The topological polar surface area (TPSA) is 66.5 Å². The molecule has 2 aromatic carbocycles. The summed E-state index contributed by atoms with van der Waals surface area (Å²) < 4.78 is 27.0. The van der Waals surface area contributed by atoms with Crippen LogP contribution in [0.25, 0.3) is 0 Å². The lowest BCUT2D eigenvalue weighted by Gasteiger charge is -2.32. The van der Waals surface area contributed by atoms with Crippen molar-refractivity contribution in [1.82, 2.24) is 9.62 Å². The first-order valence-corrected chi connectivity index (χ1v) is 10.3. The van der Waals surface area contributed by atoms with Crippen molar-refractivity contribution >= 4 is 15.9 Å². The number of hydrogen-bond acceptors (Lipinski definition) is 3. The van der Waals surface area contributed by atoms with Gasteiger partial charge in [-0.2, -0.15) is 4.31 Å². The van der Waals surface area contributed by atoms with E-state index in [9.17, 15) is 13.2 Å². The van der Waals surface area contributed by atoms with Crippen LogP contribution in [0.3, 0.4) is 0 Å². The van der Waals surface area contributed by atoms with Gasteiger partial charge in [0.2, 0.25) is 15.9 Å². The zero-order valence-corrected chi connectivity index (χ0v) is 15.7. The van der Waals surface area contributed by atoms with E-state index in [2.05, 4.69) is 5.32 Å². The van der Waals surface area contributed by atoms with Crippen LogP contribution in [0.15, 0.2) is 65.6 Å². The fourth-order valence-electron chi connectivity index (χ4n) is 3.27. The second-order valence-electron chi connectivity index (χ2n) is 6.66. The predicted octanol–water partition coefficient (Wildman–Crippen LogP) is 2.96. The fourth-order valence-corrected chi connectivity index (χ4v) is 4.82. The van der Waals surface area contributed by atoms with E-state index in [1.54, 1.807) is 30.3 Å². The standard InChI is InChI=1S/C20H24N2O3S/c1-16(17-9-4-2-5-10-17)21-20(23)18-11-8-14-22(15-18)26(24,25)19-12-6-3-7-13-19/h2-7,9-10,12-13,16,18H,8,11,14-15H2,1H3,(H,21,23)/t16-,18-/m0/s1. The van der Waals surface area contributed by atoms with E-state index < -0.39 is 10.0 Å². The van der Waals surface area contributed by atoms with Crippen molar-refractivity contribution in [3.05, 3.63) is 66.2 Å². The Labute approximate surface area is 155 Å². The van der Waals surface area contributed by atoms with Crippen LogP contribution in [0, 0.1) is 5.92 Å². The number of piperidine rings is 1. The molecule has 1 saturated heterocycles. The Balaban J connectivity index is 1.67. The molecule has 5 nitrogen and oxygen atoms in total. The summed E-state index contributed by atoms with van der Waals surface area (Å²) >= 11 is 0. The molecule has 1 aliphatic heterocycles. The van der Waals surface area contributed by atoms with Gasteiger partial charge in [-0.05, 0) is 37.5 Å². The Bertz CT molecular complexity index is 838. The third kappa shape index (κ3) is 4.14. The number of nitrogens with zero attached hydrogens (tertiary/aromatic N) is 1. The molecule has 0 bridgehead atoms. The van der Waals surface area contributed by atoms with E-state index in [0.29, 0.717) is 19.4 Å². The number of carbonyl (C=O) groups is 1. The average molecular weight is 372 g/mol. The number of carbonyl (C=O) groups excluding carboxylic acids is 1. The Hall–Kier alpha value is -2.18. The van der Waals surface area contributed by atoms with Crippen molar-refractivity contribution in [1.29, 1.82) is 0 Å². The molecule has 138 valence electrons. The maximum atomic E-state index is 12.8. The highest BCUT2D eigenvalue weighted by molar-refractivity contribution is 7.89. The molecule has 0 saturated carbocycles. The van der Waals surface area contributed by atoms with Crippen molar-refractivity contribution in [2.24, 2.45) is 5.92 Å². The number of nitrogens with one attached hydrogen (secondary N) is 1. The SMILES string of the molecule is C[C@H](NC(=O)[C@H]1CCCN(S(=O)(=O)c2ccccc2)C1)c1ccccc1. The molecule has 3 rings (SSSR count). The molecule has 1 heterocycles. The molecule has 26 heavy (non-hydrogen) atoms. The van der Waals surface area contributed by atoms with Crippen LogP contribution in [0.1, 0.15) is 31.4 Å². The summed E-state index contributed by atoms with van der Waals surface area (Å²) in [4.78, 5) is 12.9. The first-order valence-electron chi connectivity index (χ1n) is 8.89. The van der Waals surface area contributed by atoms with Crippen LogP contribution in [0.5, 0.6) is 0 Å². The summed E-state index contributed by atoms with van der Waals surface area (Å²) in [5.41, 5.74) is 1.03. The van der Waals surface area contributed by atoms with E-state index >= 15 is 0 Å². The van der Waals surface area contributed by atoms with Crippen LogP contribution in [0.2, 0.25) is 0 Å². The highest BCUT2D eigenvalue weighted by Gasteiger charge is 2.33. The summed E-state index contributed by atoms with van der Waals surface area (Å²) in [6.45, 7) is 2.62. The van der Waals surface area contributed by atoms with Crippen LogP contribution in [-0.2, 0) is 14.8 Å². The fraction of sp³-hybridized carbons (Fsp3) is 0.350. The Morgan fingerprint density at radius 3 is 2.35 bits per heavy atom. The summed E-state index contributed by atoms with van der Waals surface area (Å²) in [5.74, 6) is -0.414. The van der Waals surface area contributed by atoms with Crippen LogP contribution >= 0.6 is 0 Å². The van der Waals surface area contributed by atoms with Gasteiger partial charge < -0.3 is 5.32 Å². The largest absolute Gasteiger partial charge is 0.349 e. The number of sulfonamides is 1. The molecular formula is C20H24N2O3S. The second kappa shape index (κ2) is 8.01. The molecule has 0 aliphatic carbocycles. The molecule has 1 amide bonds. The third-order valence-electron chi connectivity index (χ3n) is 4.79. The van der Waals surface area contributed by atoms with Crippen LogP contribution in [0.4, 0.5) is 0 Å². The quantitative estimate of drug-likeness (QED) is 0.877. The first kappa shape index (κ1) is 18.6. The Morgan fingerprint density at radius 1 is 1.08 bits per heavy atom. The maximum absolute atomic E-state index is 12.8. The van der Waals surface area contributed by atoms with Gasteiger partial charge in [0.05, 0.1) is 16.9 Å². The van der Waals surface area contributed by atoms with Gasteiger partial charge in [0.25, 0.3) is 0 Å². The van der Waals surface area contributed by atoms with Crippen LogP contribution < -0.4 is 5.32 Å². The van der Waals surface area contributed by atoms with Gasteiger partial charge in [0.15, 0.2) is 0 Å². The molecule has 1 aliphatic rings. The molecular weight excluding hydrogens is 348 g/mol. The number of benzene rings is 2. The van der Waals surface area contributed by atoms with Gasteiger partial charge in [-0.1, -0.05) is 48.5 Å². The third-order valence-corrected chi connectivity index (χ3v) is 6.67.